The number of hydrogen-bond acceptors (Lipinski definition) is 4. The van der Waals surface area contributed by atoms with Gasteiger partial charge in [0.1, 0.15) is 5.69 Å². The minimum absolute atomic E-state index is 0.00155. The van der Waals surface area contributed by atoms with Crippen molar-refractivity contribution in [3.8, 4) is 0 Å². The van der Waals surface area contributed by atoms with Crippen molar-refractivity contribution in [3.05, 3.63) is 34.8 Å². The number of nitrogens with zero attached hydrogens (tertiary/aromatic N) is 4. The molecule has 9 heteroatoms. The fraction of sp³-hybridized carbons (Fsp3) is 0.471. The van der Waals surface area contributed by atoms with Gasteiger partial charge >= 0.3 is 6.18 Å². The molecule has 0 unspecified atom stereocenters. The molecule has 0 radical (unpaired) electrons. The molecule has 0 fully saturated rings. The number of halogens is 3. The molecule has 0 aliphatic carbocycles. The molecule has 4 rings (SSSR count). The lowest BCUT2D eigenvalue weighted by atomic mass is 10.0. The molecular formula is C17H18F3N5O. The summed E-state index contributed by atoms with van der Waals surface area (Å²) in [6, 6.07) is 1.13. The maximum absolute atomic E-state index is 12.9. The van der Waals surface area contributed by atoms with E-state index in [9.17, 15) is 18.0 Å². The van der Waals surface area contributed by atoms with Crippen LogP contribution < -0.4 is 4.90 Å². The van der Waals surface area contributed by atoms with Crippen LogP contribution in [0.25, 0.3) is 0 Å². The van der Waals surface area contributed by atoms with E-state index < -0.39 is 11.9 Å². The van der Waals surface area contributed by atoms with Crippen LogP contribution in [0, 0.1) is 0 Å². The maximum atomic E-state index is 12.9. The van der Waals surface area contributed by atoms with E-state index in [1.807, 2.05) is 4.90 Å². The van der Waals surface area contributed by atoms with Gasteiger partial charge in [0.15, 0.2) is 5.82 Å². The summed E-state index contributed by atoms with van der Waals surface area (Å²) in [6.07, 6.45) is -1.18. The number of hydrogen-bond donors (Lipinski definition) is 1. The molecule has 0 saturated heterocycles. The van der Waals surface area contributed by atoms with Crippen LogP contribution in [0.4, 0.5) is 24.7 Å². The normalized spacial score (nSPS) is 17.1. The number of alkyl halides is 3. The monoisotopic (exact) mass is 365 g/mol. The van der Waals surface area contributed by atoms with E-state index in [1.165, 1.54) is 13.1 Å². The molecule has 4 heterocycles. The number of anilines is 2. The molecule has 1 N–H and O–H groups in total. The average molecular weight is 365 g/mol. The average Bonchev–Trinajstić information content (AvgIpc) is 3.02. The van der Waals surface area contributed by atoms with Gasteiger partial charge in [-0.3, -0.25) is 9.89 Å². The number of H-pyrrole nitrogens is 1. The van der Waals surface area contributed by atoms with Crippen LogP contribution in [0.15, 0.2) is 12.3 Å². The number of aryl methyl sites for hydroxylation is 1. The molecule has 2 aromatic rings. The van der Waals surface area contributed by atoms with Gasteiger partial charge in [0.25, 0.3) is 0 Å². The van der Waals surface area contributed by atoms with Crippen LogP contribution in [-0.2, 0) is 30.4 Å². The highest BCUT2D eigenvalue weighted by molar-refractivity contribution is 5.75. The molecule has 2 aliphatic rings. The molecule has 138 valence electrons. The van der Waals surface area contributed by atoms with Crippen LogP contribution in [0.2, 0.25) is 0 Å². The molecule has 0 bridgehead atoms. The zero-order chi connectivity index (χ0) is 18.5. The second kappa shape index (κ2) is 6.00. The first-order chi connectivity index (χ1) is 12.3. The van der Waals surface area contributed by atoms with E-state index in [-0.39, 0.29) is 5.91 Å². The zero-order valence-corrected chi connectivity index (χ0v) is 14.2. The summed E-state index contributed by atoms with van der Waals surface area (Å²) in [5, 5.41) is 7.42. The third-order valence-electron chi connectivity index (χ3n) is 4.99. The number of carbonyl (C=O) groups is 1. The number of aromatic nitrogens is 3. The largest absolute Gasteiger partial charge is 0.433 e. The third-order valence-corrected chi connectivity index (χ3v) is 4.99. The lowest BCUT2D eigenvalue weighted by Crippen LogP contribution is -2.35. The number of nitrogens with one attached hydrogen (secondary N) is 1. The smallest absolute Gasteiger partial charge is 0.338 e. The number of fused-ring (bicyclic) bond motifs is 2. The Kier molecular flexibility index (Phi) is 3.89. The quantitative estimate of drug-likeness (QED) is 0.844. The van der Waals surface area contributed by atoms with Crippen molar-refractivity contribution in [2.24, 2.45) is 0 Å². The van der Waals surface area contributed by atoms with Gasteiger partial charge in [-0.05, 0) is 24.5 Å². The fourth-order valence-electron chi connectivity index (χ4n) is 3.63. The lowest BCUT2D eigenvalue weighted by molar-refractivity contribution is -0.141. The Hall–Kier alpha value is -2.58. The molecule has 0 aromatic carbocycles. The Morgan fingerprint density at radius 1 is 1.27 bits per heavy atom. The number of rotatable bonds is 1. The van der Waals surface area contributed by atoms with Gasteiger partial charge < -0.3 is 9.80 Å². The van der Waals surface area contributed by atoms with Crippen molar-refractivity contribution in [1.82, 2.24) is 20.1 Å². The molecule has 2 aromatic heterocycles. The van der Waals surface area contributed by atoms with E-state index in [1.54, 1.807) is 4.90 Å². The van der Waals surface area contributed by atoms with Gasteiger partial charge in [-0.1, -0.05) is 0 Å². The van der Waals surface area contributed by atoms with Gasteiger partial charge in [0.2, 0.25) is 5.91 Å². The summed E-state index contributed by atoms with van der Waals surface area (Å²) >= 11 is 0. The highest BCUT2D eigenvalue weighted by atomic mass is 19.4. The predicted octanol–water partition coefficient (Wildman–Crippen LogP) is 2.81. The number of aromatic amines is 1. The van der Waals surface area contributed by atoms with Crippen molar-refractivity contribution in [3.63, 3.8) is 0 Å². The van der Waals surface area contributed by atoms with E-state index in [0.717, 1.165) is 23.7 Å². The second-order valence-electron chi connectivity index (χ2n) is 6.65. The topological polar surface area (TPSA) is 65.1 Å². The highest BCUT2D eigenvalue weighted by Gasteiger charge is 2.35. The lowest BCUT2D eigenvalue weighted by Gasteiger charge is -2.32. The van der Waals surface area contributed by atoms with E-state index >= 15 is 0 Å². The molecule has 0 spiro atoms. The van der Waals surface area contributed by atoms with Gasteiger partial charge in [0, 0.05) is 37.7 Å². The number of amides is 1. The van der Waals surface area contributed by atoms with E-state index in [2.05, 4.69) is 15.2 Å². The first-order valence-electron chi connectivity index (χ1n) is 8.50. The second-order valence-corrected chi connectivity index (χ2v) is 6.65. The third kappa shape index (κ3) is 2.81. The minimum Gasteiger partial charge on any atom is -0.338 e. The van der Waals surface area contributed by atoms with Crippen molar-refractivity contribution >= 4 is 17.4 Å². The highest BCUT2D eigenvalue weighted by Crippen LogP contribution is 2.38. The standard InChI is InChI=1S/C17H18F3N5O/c1-10(26)24-6-4-13-12(9-24)16(23-22-13)25-5-2-3-11-7-15(17(18,19)20)21-8-14(11)25/h7-8H,2-6,9H2,1H3,(H,22,23). The Bertz CT molecular complexity index is 861. The Morgan fingerprint density at radius 2 is 2.08 bits per heavy atom. The molecule has 0 atom stereocenters. The van der Waals surface area contributed by atoms with Crippen LogP contribution in [0.1, 0.15) is 35.9 Å². The predicted molar refractivity (Wildman–Crippen MR) is 87.9 cm³/mol. The summed E-state index contributed by atoms with van der Waals surface area (Å²) in [5.74, 6) is 0.673. The zero-order valence-electron chi connectivity index (χ0n) is 14.2. The van der Waals surface area contributed by atoms with E-state index in [0.29, 0.717) is 49.5 Å². The van der Waals surface area contributed by atoms with Crippen molar-refractivity contribution < 1.29 is 18.0 Å². The van der Waals surface area contributed by atoms with Crippen LogP contribution in [0.5, 0.6) is 0 Å². The summed E-state index contributed by atoms with van der Waals surface area (Å²) in [4.78, 5) is 19.0. The van der Waals surface area contributed by atoms with Gasteiger partial charge in [0.05, 0.1) is 18.4 Å². The summed E-state index contributed by atoms with van der Waals surface area (Å²) < 4.78 is 38.8. The fourth-order valence-corrected chi connectivity index (χ4v) is 3.63. The van der Waals surface area contributed by atoms with Gasteiger partial charge in [-0.2, -0.15) is 18.3 Å². The van der Waals surface area contributed by atoms with Crippen LogP contribution >= 0.6 is 0 Å². The van der Waals surface area contributed by atoms with Crippen molar-refractivity contribution in [1.29, 1.82) is 0 Å². The maximum Gasteiger partial charge on any atom is 0.433 e. The summed E-state index contributed by atoms with van der Waals surface area (Å²) in [6.45, 7) is 3.27. The summed E-state index contributed by atoms with van der Waals surface area (Å²) in [7, 11) is 0. The number of carbonyl (C=O) groups excluding carboxylic acids is 1. The summed E-state index contributed by atoms with van der Waals surface area (Å²) in [5.41, 5.74) is 2.31. The molecule has 26 heavy (non-hydrogen) atoms. The van der Waals surface area contributed by atoms with Crippen molar-refractivity contribution in [2.45, 2.75) is 38.9 Å². The Morgan fingerprint density at radius 3 is 2.81 bits per heavy atom. The molecule has 1 amide bonds. The van der Waals surface area contributed by atoms with Crippen LogP contribution in [0.3, 0.4) is 0 Å². The molecule has 6 nitrogen and oxygen atoms in total. The van der Waals surface area contributed by atoms with Gasteiger partial charge in [-0.25, -0.2) is 4.98 Å². The minimum atomic E-state index is -4.45. The number of pyridine rings is 1. The van der Waals surface area contributed by atoms with Gasteiger partial charge in [-0.15, -0.1) is 0 Å². The first kappa shape index (κ1) is 16.9. The molecule has 0 saturated carbocycles. The molecule has 2 aliphatic heterocycles. The molecular weight excluding hydrogens is 347 g/mol. The first-order valence-corrected chi connectivity index (χ1v) is 8.50. The van der Waals surface area contributed by atoms with Crippen molar-refractivity contribution in [2.75, 3.05) is 18.0 Å². The van der Waals surface area contributed by atoms with Crippen LogP contribution in [-0.4, -0.2) is 39.1 Å². The Labute approximate surface area is 148 Å². The SMILES string of the molecule is CC(=O)N1CCc2[nH]nc(N3CCCc4cc(C(F)(F)F)ncc43)c2C1. The Balaban J connectivity index is 1.72. The van der Waals surface area contributed by atoms with E-state index in [4.69, 9.17) is 0 Å².